The number of hydrogen-bond acceptors (Lipinski definition) is 5. The van der Waals surface area contributed by atoms with Gasteiger partial charge >= 0.3 is 0 Å². The van der Waals surface area contributed by atoms with Crippen LogP contribution in [0.5, 0.6) is 5.75 Å². The lowest BCUT2D eigenvalue weighted by Crippen LogP contribution is -2.15. The minimum atomic E-state index is 0.470. The molecule has 0 spiro atoms. The van der Waals surface area contributed by atoms with E-state index in [-0.39, 0.29) is 0 Å². The monoisotopic (exact) mass is 423 g/mol. The maximum atomic E-state index is 6.00. The maximum absolute atomic E-state index is 6.00. The van der Waals surface area contributed by atoms with Crippen molar-refractivity contribution in [2.24, 2.45) is 0 Å². The number of pyridine rings is 1. The average Bonchev–Trinajstić information content (AvgIpc) is 3.12. The summed E-state index contributed by atoms with van der Waals surface area (Å²) in [6.07, 6.45) is 3.44. The number of nitrogens with zero attached hydrogens (tertiary/aromatic N) is 3. The van der Waals surface area contributed by atoms with Gasteiger partial charge in [0.05, 0.1) is 6.54 Å². The number of benzene rings is 2. The zero-order chi connectivity index (χ0) is 20.1. The van der Waals surface area contributed by atoms with Crippen LogP contribution < -0.4 is 10.2 Å². The fourth-order valence-electron chi connectivity index (χ4n) is 2.81. The fourth-order valence-corrected chi connectivity index (χ4v) is 3.22. The van der Waals surface area contributed by atoms with E-state index in [1.807, 2.05) is 60.7 Å². The summed E-state index contributed by atoms with van der Waals surface area (Å²) >= 11 is 11.3. The van der Waals surface area contributed by atoms with Gasteiger partial charge in [0.25, 0.3) is 0 Å². The topological polar surface area (TPSA) is 67.8 Å². The Balaban J connectivity index is 1.39. The molecular formula is C21H18ClN5OS. The fraction of sp³-hybridized carbons (Fsp3) is 0.0952. The molecule has 29 heavy (non-hydrogen) atoms. The van der Waals surface area contributed by atoms with Gasteiger partial charge in [-0.15, -0.1) is 0 Å². The number of H-pyrrole nitrogens is 1. The molecule has 0 aliphatic carbocycles. The van der Waals surface area contributed by atoms with Crippen molar-refractivity contribution in [3.63, 3.8) is 0 Å². The van der Waals surface area contributed by atoms with E-state index in [4.69, 9.17) is 28.6 Å². The second kappa shape index (κ2) is 8.89. The number of hydrogen-bond donors (Lipinski definition) is 2. The Kier molecular flexibility index (Phi) is 5.88. The second-order valence-corrected chi connectivity index (χ2v) is 7.14. The molecule has 0 aliphatic heterocycles. The van der Waals surface area contributed by atoms with E-state index in [2.05, 4.69) is 20.6 Å². The van der Waals surface area contributed by atoms with Crippen molar-refractivity contribution >= 4 is 23.8 Å². The quantitative estimate of drug-likeness (QED) is 0.410. The van der Waals surface area contributed by atoms with Crippen molar-refractivity contribution < 1.29 is 4.74 Å². The first-order chi connectivity index (χ1) is 14.2. The predicted octanol–water partition coefficient (Wildman–Crippen LogP) is 4.98. The highest BCUT2D eigenvalue weighted by Crippen LogP contribution is 2.18. The Morgan fingerprint density at radius 3 is 2.59 bits per heavy atom. The Morgan fingerprint density at radius 1 is 1.03 bits per heavy atom. The highest BCUT2D eigenvalue weighted by molar-refractivity contribution is 7.71. The van der Waals surface area contributed by atoms with E-state index in [0.29, 0.717) is 28.8 Å². The standard InChI is InChI=1S/C21H18ClN5OS/c22-18-3-1-2-16(12-18)14-28-19-6-4-15(5-7-19)13-24-27-20(25-26-21(27)29)17-8-10-23-11-9-17/h1-12,24H,13-14H2,(H,26,29). The van der Waals surface area contributed by atoms with E-state index in [9.17, 15) is 0 Å². The molecule has 0 bridgehead atoms. The summed E-state index contributed by atoms with van der Waals surface area (Å²) in [5.74, 6) is 1.50. The lowest BCUT2D eigenvalue weighted by molar-refractivity contribution is 0.306. The molecule has 0 saturated heterocycles. The van der Waals surface area contributed by atoms with Crippen LogP contribution in [-0.4, -0.2) is 19.9 Å². The van der Waals surface area contributed by atoms with Crippen LogP contribution in [0.15, 0.2) is 73.1 Å². The van der Waals surface area contributed by atoms with Gasteiger partial charge in [0, 0.05) is 23.0 Å². The number of aromatic amines is 1. The van der Waals surface area contributed by atoms with Crippen molar-refractivity contribution in [2.45, 2.75) is 13.2 Å². The molecule has 2 aromatic heterocycles. The predicted molar refractivity (Wildman–Crippen MR) is 116 cm³/mol. The molecule has 2 heterocycles. The summed E-state index contributed by atoms with van der Waals surface area (Å²) in [4.78, 5) is 4.04. The molecule has 8 heteroatoms. The molecule has 6 nitrogen and oxygen atoms in total. The lowest BCUT2D eigenvalue weighted by atomic mass is 10.2. The molecule has 146 valence electrons. The van der Waals surface area contributed by atoms with E-state index in [1.165, 1.54) is 0 Å². The number of rotatable bonds is 7. The molecule has 0 atom stereocenters. The van der Waals surface area contributed by atoms with Crippen molar-refractivity contribution in [1.82, 2.24) is 19.9 Å². The van der Waals surface area contributed by atoms with Crippen LogP contribution in [0, 0.1) is 4.77 Å². The van der Waals surface area contributed by atoms with Gasteiger partial charge in [0.15, 0.2) is 5.82 Å². The highest BCUT2D eigenvalue weighted by Gasteiger charge is 2.08. The van der Waals surface area contributed by atoms with Crippen molar-refractivity contribution in [3.05, 3.63) is 94.0 Å². The Morgan fingerprint density at radius 2 is 1.83 bits per heavy atom. The molecule has 0 saturated carbocycles. The summed E-state index contributed by atoms with van der Waals surface area (Å²) in [6.45, 7) is 1.05. The average molecular weight is 424 g/mol. The molecular weight excluding hydrogens is 406 g/mol. The van der Waals surface area contributed by atoms with Crippen LogP contribution >= 0.6 is 23.8 Å². The molecule has 0 fully saturated rings. The van der Waals surface area contributed by atoms with Gasteiger partial charge in [-0.1, -0.05) is 35.9 Å². The van der Waals surface area contributed by atoms with Gasteiger partial charge in [-0.2, -0.15) is 5.10 Å². The van der Waals surface area contributed by atoms with Gasteiger partial charge in [0.2, 0.25) is 4.77 Å². The zero-order valence-corrected chi connectivity index (χ0v) is 17.0. The number of ether oxygens (including phenoxy) is 1. The summed E-state index contributed by atoms with van der Waals surface area (Å²) in [7, 11) is 0. The third-order valence-corrected chi connectivity index (χ3v) is 4.78. The summed E-state index contributed by atoms with van der Waals surface area (Å²) in [6, 6.07) is 19.3. The molecule has 0 unspecified atom stereocenters. The van der Waals surface area contributed by atoms with Crippen LogP contribution in [0.25, 0.3) is 11.4 Å². The third-order valence-electron chi connectivity index (χ3n) is 4.27. The van der Waals surface area contributed by atoms with Gasteiger partial charge in [-0.25, -0.2) is 9.77 Å². The molecule has 2 N–H and O–H groups in total. The number of aromatic nitrogens is 4. The van der Waals surface area contributed by atoms with Crippen LogP contribution in [-0.2, 0) is 13.2 Å². The zero-order valence-electron chi connectivity index (χ0n) is 15.4. The third kappa shape index (κ3) is 4.82. The van der Waals surface area contributed by atoms with Gasteiger partial charge in [-0.05, 0) is 59.7 Å². The minimum absolute atomic E-state index is 0.470. The first kappa shape index (κ1) is 19.2. The lowest BCUT2D eigenvalue weighted by Gasteiger charge is -2.11. The maximum Gasteiger partial charge on any atom is 0.214 e. The minimum Gasteiger partial charge on any atom is -0.489 e. The van der Waals surface area contributed by atoms with Gasteiger partial charge in [-0.3, -0.25) is 4.98 Å². The second-order valence-electron chi connectivity index (χ2n) is 6.32. The first-order valence-corrected chi connectivity index (χ1v) is 9.75. The summed E-state index contributed by atoms with van der Waals surface area (Å²) in [5.41, 5.74) is 6.34. The van der Waals surface area contributed by atoms with E-state index in [0.717, 1.165) is 22.4 Å². The van der Waals surface area contributed by atoms with Crippen LogP contribution in [0.2, 0.25) is 5.02 Å². The van der Waals surface area contributed by atoms with Crippen LogP contribution in [0.4, 0.5) is 0 Å². The Labute approximate surface area is 178 Å². The summed E-state index contributed by atoms with van der Waals surface area (Å²) < 4.78 is 8.08. The molecule has 4 rings (SSSR count). The van der Waals surface area contributed by atoms with Crippen molar-refractivity contribution in [2.75, 3.05) is 5.43 Å². The van der Waals surface area contributed by atoms with Crippen molar-refractivity contribution in [1.29, 1.82) is 0 Å². The van der Waals surface area contributed by atoms with Gasteiger partial charge in [0.1, 0.15) is 12.4 Å². The first-order valence-electron chi connectivity index (χ1n) is 8.97. The Hall–Kier alpha value is -3.16. The molecule has 0 amide bonds. The van der Waals surface area contributed by atoms with E-state index < -0.39 is 0 Å². The normalized spacial score (nSPS) is 10.7. The van der Waals surface area contributed by atoms with Gasteiger partial charge < -0.3 is 10.2 Å². The highest BCUT2D eigenvalue weighted by atomic mass is 35.5. The smallest absolute Gasteiger partial charge is 0.214 e. The number of halogens is 1. The molecule has 2 aromatic carbocycles. The van der Waals surface area contributed by atoms with E-state index in [1.54, 1.807) is 17.1 Å². The molecule has 0 radical (unpaired) electrons. The van der Waals surface area contributed by atoms with Crippen LogP contribution in [0.3, 0.4) is 0 Å². The Bertz CT molecular complexity index is 1140. The van der Waals surface area contributed by atoms with E-state index >= 15 is 0 Å². The largest absolute Gasteiger partial charge is 0.489 e. The summed E-state index contributed by atoms with van der Waals surface area (Å²) in [5, 5.41) is 7.82. The van der Waals surface area contributed by atoms with Crippen LogP contribution in [0.1, 0.15) is 11.1 Å². The molecule has 0 aliphatic rings. The molecule has 4 aromatic rings. The SMILES string of the molecule is S=c1[nH]nc(-c2ccncc2)n1NCc1ccc(OCc2cccc(Cl)c2)cc1. The van der Waals surface area contributed by atoms with Crippen molar-refractivity contribution in [3.8, 4) is 17.1 Å². The number of nitrogens with one attached hydrogen (secondary N) is 2.